The van der Waals surface area contributed by atoms with E-state index in [-0.39, 0.29) is 22.3 Å². The van der Waals surface area contributed by atoms with Gasteiger partial charge in [0, 0.05) is 23.9 Å². The van der Waals surface area contributed by atoms with E-state index in [0.717, 1.165) is 16.7 Å². The van der Waals surface area contributed by atoms with Gasteiger partial charge in [0.1, 0.15) is 11.4 Å². The molecule has 0 aromatic heterocycles. The lowest BCUT2D eigenvalue weighted by atomic mass is 9.80. The van der Waals surface area contributed by atoms with Gasteiger partial charge in [-0.2, -0.15) is 0 Å². The number of benzene rings is 2. The predicted octanol–water partition coefficient (Wildman–Crippen LogP) is 5.65. The van der Waals surface area contributed by atoms with Gasteiger partial charge in [-0.3, -0.25) is 15.1 Å². The van der Waals surface area contributed by atoms with E-state index in [9.17, 15) is 15.2 Å². The molecule has 0 fully saturated rings. The molecule has 2 aromatic carbocycles. The summed E-state index contributed by atoms with van der Waals surface area (Å²) in [5, 5.41) is 21.4. The van der Waals surface area contributed by atoms with Gasteiger partial charge in [-0.25, -0.2) is 0 Å². The minimum absolute atomic E-state index is 0.0368. The van der Waals surface area contributed by atoms with Crippen molar-refractivity contribution in [1.29, 1.82) is 0 Å². The standard InChI is InChI=1S/C21H26N2O3/c1-20(2,3)15-11-17(21(4,5)6)19(24)18(12-15)22-13-14-7-9-16(10-8-14)23(25)26/h7-13,24H,1-6H3/b22-13-. The monoisotopic (exact) mass is 354 g/mol. The maximum absolute atomic E-state index is 10.7. The zero-order valence-electron chi connectivity index (χ0n) is 16.2. The predicted molar refractivity (Wildman–Crippen MR) is 106 cm³/mol. The van der Waals surface area contributed by atoms with Gasteiger partial charge in [-0.15, -0.1) is 0 Å². The molecule has 0 aliphatic heterocycles. The highest BCUT2D eigenvalue weighted by molar-refractivity contribution is 5.83. The van der Waals surface area contributed by atoms with Gasteiger partial charge < -0.3 is 5.11 Å². The van der Waals surface area contributed by atoms with Gasteiger partial charge in [0.2, 0.25) is 0 Å². The fourth-order valence-electron chi connectivity index (χ4n) is 2.55. The summed E-state index contributed by atoms with van der Waals surface area (Å²) in [6.07, 6.45) is 1.61. The Morgan fingerprint density at radius 1 is 1.00 bits per heavy atom. The fourth-order valence-corrected chi connectivity index (χ4v) is 2.55. The molecule has 0 unspecified atom stereocenters. The molecular formula is C21H26N2O3. The summed E-state index contributed by atoms with van der Waals surface area (Å²) in [7, 11) is 0. The molecule has 0 saturated heterocycles. The molecule has 0 bridgehead atoms. The second-order valence-electron chi connectivity index (χ2n) is 8.50. The third kappa shape index (κ3) is 4.48. The summed E-state index contributed by atoms with van der Waals surface area (Å²) < 4.78 is 0. The molecule has 0 aliphatic carbocycles. The van der Waals surface area contributed by atoms with Crippen molar-refractivity contribution in [2.45, 2.75) is 52.4 Å². The summed E-state index contributed by atoms with van der Waals surface area (Å²) >= 11 is 0. The van der Waals surface area contributed by atoms with Crippen molar-refractivity contribution in [2.24, 2.45) is 4.99 Å². The molecule has 138 valence electrons. The molecule has 0 aliphatic rings. The molecule has 2 rings (SSSR count). The first-order chi connectivity index (χ1) is 11.9. The maximum Gasteiger partial charge on any atom is 0.269 e. The summed E-state index contributed by atoms with van der Waals surface area (Å²) in [5.41, 5.74) is 2.91. The summed E-state index contributed by atoms with van der Waals surface area (Å²) in [6.45, 7) is 12.5. The first kappa shape index (κ1) is 19.6. The number of hydrogen-bond donors (Lipinski definition) is 1. The Balaban J connectivity index is 2.49. The Kier molecular flexibility index (Phi) is 5.21. The second kappa shape index (κ2) is 6.90. The zero-order valence-corrected chi connectivity index (χ0v) is 16.2. The molecule has 2 aromatic rings. The number of phenolic OH excluding ortho intramolecular Hbond substituents is 1. The molecule has 5 nitrogen and oxygen atoms in total. The van der Waals surface area contributed by atoms with Crippen LogP contribution in [0.1, 0.15) is 58.2 Å². The molecule has 0 radical (unpaired) electrons. The average Bonchev–Trinajstić information content (AvgIpc) is 2.52. The van der Waals surface area contributed by atoms with Crippen molar-refractivity contribution in [3.05, 3.63) is 63.2 Å². The van der Waals surface area contributed by atoms with Crippen LogP contribution in [0.2, 0.25) is 0 Å². The Morgan fingerprint density at radius 2 is 1.58 bits per heavy atom. The molecule has 0 amide bonds. The van der Waals surface area contributed by atoms with Crippen molar-refractivity contribution < 1.29 is 10.0 Å². The number of non-ortho nitro benzene ring substituents is 1. The Morgan fingerprint density at radius 3 is 2.04 bits per heavy atom. The van der Waals surface area contributed by atoms with E-state index in [2.05, 4.69) is 46.5 Å². The van der Waals surface area contributed by atoms with Crippen molar-refractivity contribution in [3.63, 3.8) is 0 Å². The van der Waals surface area contributed by atoms with E-state index < -0.39 is 4.92 Å². The van der Waals surface area contributed by atoms with Crippen LogP contribution in [0.3, 0.4) is 0 Å². The van der Waals surface area contributed by atoms with Gasteiger partial charge >= 0.3 is 0 Å². The van der Waals surface area contributed by atoms with Crippen molar-refractivity contribution in [1.82, 2.24) is 0 Å². The van der Waals surface area contributed by atoms with Crippen LogP contribution in [-0.4, -0.2) is 16.2 Å². The van der Waals surface area contributed by atoms with Crippen LogP contribution in [0.4, 0.5) is 11.4 Å². The molecular weight excluding hydrogens is 328 g/mol. The SMILES string of the molecule is CC(C)(C)c1cc(/N=C\c2ccc([N+](=O)[O-])cc2)c(O)c(C(C)(C)C)c1. The van der Waals surface area contributed by atoms with Crippen LogP contribution in [0, 0.1) is 10.1 Å². The van der Waals surface area contributed by atoms with Crippen LogP contribution >= 0.6 is 0 Å². The Labute approximate surface area is 154 Å². The lowest BCUT2D eigenvalue weighted by Crippen LogP contribution is -2.16. The van der Waals surface area contributed by atoms with E-state index in [0.29, 0.717) is 5.69 Å². The van der Waals surface area contributed by atoms with Gasteiger partial charge in [0.05, 0.1) is 4.92 Å². The molecule has 0 atom stereocenters. The first-order valence-corrected chi connectivity index (χ1v) is 8.56. The van der Waals surface area contributed by atoms with Crippen LogP contribution in [0.25, 0.3) is 0 Å². The number of rotatable bonds is 3. The number of nitro benzene ring substituents is 1. The van der Waals surface area contributed by atoms with Gasteiger partial charge in [-0.1, -0.05) is 47.6 Å². The minimum Gasteiger partial charge on any atom is -0.505 e. The number of nitro groups is 1. The van der Waals surface area contributed by atoms with Crippen molar-refractivity contribution >= 4 is 17.6 Å². The second-order valence-corrected chi connectivity index (χ2v) is 8.50. The highest BCUT2D eigenvalue weighted by atomic mass is 16.6. The molecule has 0 saturated carbocycles. The number of aromatic hydroxyl groups is 1. The van der Waals surface area contributed by atoms with E-state index in [1.165, 1.54) is 12.1 Å². The van der Waals surface area contributed by atoms with Crippen LogP contribution < -0.4 is 0 Å². The minimum atomic E-state index is -0.435. The summed E-state index contributed by atoms with van der Waals surface area (Å²) in [6, 6.07) is 10.1. The van der Waals surface area contributed by atoms with Gasteiger partial charge in [-0.05, 0) is 40.2 Å². The first-order valence-electron chi connectivity index (χ1n) is 8.56. The average molecular weight is 354 g/mol. The quantitative estimate of drug-likeness (QED) is 0.440. The Hall–Kier alpha value is -2.69. The highest BCUT2D eigenvalue weighted by Crippen LogP contribution is 2.41. The van der Waals surface area contributed by atoms with Crippen LogP contribution in [0.5, 0.6) is 5.75 Å². The van der Waals surface area contributed by atoms with E-state index in [1.807, 2.05) is 12.1 Å². The largest absolute Gasteiger partial charge is 0.505 e. The molecule has 26 heavy (non-hydrogen) atoms. The molecule has 1 N–H and O–H groups in total. The smallest absolute Gasteiger partial charge is 0.269 e. The number of aliphatic imine (C=N–C) groups is 1. The van der Waals surface area contributed by atoms with Gasteiger partial charge in [0.15, 0.2) is 0 Å². The molecule has 5 heteroatoms. The third-order valence-corrected chi connectivity index (χ3v) is 4.22. The van der Waals surface area contributed by atoms with E-state index in [4.69, 9.17) is 0 Å². The maximum atomic E-state index is 10.7. The lowest BCUT2D eigenvalue weighted by molar-refractivity contribution is -0.384. The summed E-state index contributed by atoms with van der Waals surface area (Å²) in [4.78, 5) is 14.8. The number of nitrogens with zero attached hydrogens (tertiary/aromatic N) is 2. The van der Waals surface area contributed by atoms with Gasteiger partial charge in [0.25, 0.3) is 5.69 Å². The number of phenols is 1. The van der Waals surface area contributed by atoms with E-state index >= 15 is 0 Å². The fraction of sp³-hybridized carbons (Fsp3) is 0.381. The zero-order chi connectivity index (χ0) is 19.7. The number of hydrogen-bond acceptors (Lipinski definition) is 4. The van der Waals surface area contributed by atoms with Crippen molar-refractivity contribution in [3.8, 4) is 5.75 Å². The Bertz CT molecular complexity index is 839. The summed E-state index contributed by atoms with van der Waals surface area (Å²) in [5.74, 6) is 0.170. The lowest BCUT2D eigenvalue weighted by Gasteiger charge is -2.26. The normalized spacial score (nSPS) is 12.5. The third-order valence-electron chi connectivity index (χ3n) is 4.22. The van der Waals surface area contributed by atoms with Crippen molar-refractivity contribution in [2.75, 3.05) is 0 Å². The molecule has 0 spiro atoms. The van der Waals surface area contributed by atoms with Crippen LogP contribution in [-0.2, 0) is 10.8 Å². The molecule has 0 heterocycles. The topological polar surface area (TPSA) is 75.7 Å². The van der Waals surface area contributed by atoms with E-state index in [1.54, 1.807) is 18.3 Å². The van der Waals surface area contributed by atoms with Crippen LogP contribution in [0.15, 0.2) is 41.4 Å². The highest BCUT2D eigenvalue weighted by Gasteiger charge is 2.24.